The van der Waals surface area contributed by atoms with Gasteiger partial charge in [-0.25, -0.2) is 0 Å². The molecule has 0 radical (unpaired) electrons. The average molecular weight is 196 g/mol. The third-order valence-corrected chi connectivity index (χ3v) is 2.22. The van der Waals surface area contributed by atoms with Gasteiger partial charge in [-0.1, -0.05) is 6.42 Å². The van der Waals surface area contributed by atoms with Crippen LogP contribution in [-0.4, -0.2) is 24.1 Å². The second-order valence-corrected chi connectivity index (χ2v) is 3.46. The fourth-order valence-corrected chi connectivity index (χ4v) is 1.46. The van der Waals surface area contributed by atoms with E-state index in [4.69, 9.17) is 10.1 Å². The van der Waals surface area contributed by atoms with Gasteiger partial charge >= 0.3 is 5.97 Å². The molecule has 0 aliphatic carbocycles. The van der Waals surface area contributed by atoms with Gasteiger partial charge in [-0.2, -0.15) is 5.26 Å². The Morgan fingerprint density at radius 3 is 2.71 bits per heavy atom. The molecule has 4 nitrogen and oxygen atoms in total. The topological polar surface area (TPSA) is 53.3 Å². The Bertz CT molecular complexity index is 217. The fraction of sp³-hybridized carbons (Fsp3) is 0.800. The molecule has 0 N–H and O–H groups in total. The first-order valence-corrected chi connectivity index (χ1v) is 5.15. The minimum Gasteiger partial charge on any atom is -0.368 e. The summed E-state index contributed by atoms with van der Waals surface area (Å²) in [5, 5.41) is 10.0. The molecular formula is C10H16N2O2. The lowest BCUT2D eigenvalue weighted by Gasteiger charge is -2.24. The van der Waals surface area contributed by atoms with E-state index < -0.39 is 0 Å². The monoisotopic (exact) mass is 196 g/mol. The van der Waals surface area contributed by atoms with E-state index in [1.165, 1.54) is 6.42 Å². The van der Waals surface area contributed by atoms with Gasteiger partial charge in [0.1, 0.15) is 0 Å². The summed E-state index contributed by atoms with van der Waals surface area (Å²) in [4.78, 5) is 16.3. The van der Waals surface area contributed by atoms with Crippen LogP contribution in [0.5, 0.6) is 0 Å². The van der Waals surface area contributed by atoms with Crippen molar-refractivity contribution in [1.82, 2.24) is 5.06 Å². The van der Waals surface area contributed by atoms with Crippen LogP contribution in [0.1, 0.15) is 38.5 Å². The van der Waals surface area contributed by atoms with Crippen molar-refractivity contribution in [1.29, 1.82) is 5.26 Å². The molecule has 78 valence electrons. The van der Waals surface area contributed by atoms with E-state index >= 15 is 0 Å². The maximum Gasteiger partial charge on any atom is 0.325 e. The summed E-state index contributed by atoms with van der Waals surface area (Å²) in [6, 6.07) is 2.01. The Morgan fingerprint density at radius 2 is 2.07 bits per heavy atom. The Morgan fingerprint density at radius 1 is 1.36 bits per heavy atom. The standard InChI is InChI=1S/C10H16N2O2/c11-7-3-2-6-10(13)14-12-8-4-1-5-9-12/h1-6,8-9H2. The van der Waals surface area contributed by atoms with Crippen LogP contribution in [0, 0.1) is 11.3 Å². The average Bonchev–Trinajstić information content (AvgIpc) is 2.20. The quantitative estimate of drug-likeness (QED) is 0.641. The lowest BCUT2D eigenvalue weighted by atomic mass is 10.2. The molecule has 1 heterocycles. The van der Waals surface area contributed by atoms with Crippen molar-refractivity contribution >= 4 is 5.97 Å². The van der Waals surface area contributed by atoms with Crippen molar-refractivity contribution in [3.05, 3.63) is 0 Å². The molecule has 0 aromatic rings. The highest BCUT2D eigenvalue weighted by atomic mass is 16.7. The lowest BCUT2D eigenvalue weighted by Crippen LogP contribution is -2.32. The summed E-state index contributed by atoms with van der Waals surface area (Å²) in [5.41, 5.74) is 0. The van der Waals surface area contributed by atoms with Crippen molar-refractivity contribution in [3.8, 4) is 6.07 Å². The third kappa shape index (κ3) is 4.24. The van der Waals surface area contributed by atoms with E-state index in [0.29, 0.717) is 19.3 Å². The molecule has 0 amide bonds. The molecule has 1 aliphatic heterocycles. The zero-order valence-electron chi connectivity index (χ0n) is 8.37. The molecular weight excluding hydrogens is 180 g/mol. The summed E-state index contributed by atoms with van der Waals surface area (Å²) in [6.07, 6.45) is 4.81. The van der Waals surface area contributed by atoms with Crippen molar-refractivity contribution in [2.24, 2.45) is 0 Å². The molecule has 1 saturated heterocycles. The van der Waals surface area contributed by atoms with Crippen molar-refractivity contribution in [3.63, 3.8) is 0 Å². The Labute approximate surface area is 84.4 Å². The number of hydroxylamine groups is 2. The summed E-state index contributed by atoms with van der Waals surface area (Å²) in [7, 11) is 0. The molecule has 0 aromatic heterocycles. The summed E-state index contributed by atoms with van der Waals surface area (Å²) in [5.74, 6) is -0.206. The number of rotatable bonds is 4. The molecule has 1 rings (SSSR count). The predicted molar refractivity (Wildman–Crippen MR) is 51.0 cm³/mol. The summed E-state index contributed by atoms with van der Waals surface area (Å²) in [6.45, 7) is 1.70. The maximum atomic E-state index is 11.2. The van der Waals surface area contributed by atoms with Crippen LogP contribution in [0.15, 0.2) is 0 Å². The molecule has 0 atom stereocenters. The SMILES string of the molecule is N#CCCCC(=O)ON1CCCCC1. The van der Waals surface area contributed by atoms with E-state index in [1.807, 2.05) is 6.07 Å². The van der Waals surface area contributed by atoms with Gasteiger partial charge in [0.05, 0.1) is 6.07 Å². The maximum absolute atomic E-state index is 11.2. The summed E-state index contributed by atoms with van der Waals surface area (Å²) >= 11 is 0. The van der Waals surface area contributed by atoms with Gasteiger partial charge < -0.3 is 4.84 Å². The Hall–Kier alpha value is -1.08. The Kier molecular flexibility index (Phi) is 5.02. The zero-order valence-corrected chi connectivity index (χ0v) is 8.37. The van der Waals surface area contributed by atoms with Gasteiger partial charge in [0.15, 0.2) is 0 Å². The highest BCUT2D eigenvalue weighted by Crippen LogP contribution is 2.09. The van der Waals surface area contributed by atoms with Crippen LogP contribution in [-0.2, 0) is 9.63 Å². The highest BCUT2D eigenvalue weighted by molar-refractivity contribution is 5.68. The van der Waals surface area contributed by atoms with E-state index in [9.17, 15) is 4.79 Å². The lowest BCUT2D eigenvalue weighted by molar-refractivity contribution is -0.194. The largest absolute Gasteiger partial charge is 0.368 e. The molecule has 4 heteroatoms. The van der Waals surface area contributed by atoms with E-state index in [-0.39, 0.29) is 5.97 Å². The molecule has 0 aromatic carbocycles. The predicted octanol–water partition coefficient (Wildman–Crippen LogP) is 1.62. The molecule has 14 heavy (non-hydrogen) atoms. The highest BCUT2D eigenvalue weighted by Gasteiger charge is 2.14. The van der Waals surface area contributed by atoms with E-state index in [0.717, 1.165) is 25.9 Å². The minimum atomic E-state index is -0.206. The number of nitrogens with zero attached hydrogens (tertiary/aromatic N) is 2. The van der Waals surface area contributed by atoms with Crippen LogP contribution in [0.2, 0.25) is 0 Å². The zero-order chi connectivity index (χ0) is 10.2. The number of piperidine rings is 1. The van der Waals surface area contributed by atoms with E-state index in [2.05, 4.69) is 0 Å². The molecule has 1 fully saturated rings. The number of nitriles is 1. The van der Waals surface area contributed by atoms with Crippen LogP contribution in [0.4, 0.5) is 0 Å². The van der Waals surface area contributed by atoms with Crippen LogP contribution < -0.4 is 0 Å². The summed E-state index contributed by atoms with van der Waals surface area (Å²) < 4.78 is 0. The molecule has 0 spiro atoms. The van der Waals surface area contributed by atoms with Crippen molar-refractivity contribution in [2.75, 3.05) is 13.1 Å². The van der Waals surface area contributed by atoms with Gasteiger partial charge in [-0.3, -0.25) is 4.79 Å². The molecule has 1 aliphatic rings. The van der Waals surface area contributed by atoms with E-state index in [1.54, 1.807) is 5.06 Å². The number of carbonyl (C=O) groups excluding carboxylic acids is 1. The first-order chi connectivity index (χ1) is 6.83. The number of unbranched alkanes of at least 4 members (excludes halogenated alkanes) is 1. The van der Waals surface area contributed by atoms with Crippen LogP contribution in [0.25, 0.3) is 0 Å². The molecule has 0 saturated carbocycles. The number of hydrogen-bond acceptors (Lipinski definition) is 4. The third-order valence-electron chi connectivity index (χ3n) is 2.22. The van der Waals surface area contributed by atoms with Crippen LogP contribution in [0.3, 0.4) is 0 Å². The molecule has 0 bridgehead atoms. The van der Waals surface area contributed by atoms with Gasteiger partial charge in [0.25, 0.3) is 0 Å². The first-order valence-electron chi connectivity index (χ1n) is 5.15. The van der Waals surface area contributed by atoms with Gasteiger partial charge in [0, 0.05) is 25.9 Å². The van der Waals surface area contributed by atoms with Crippen LogP contribution >= 0.6 is 0 Å². The number of carbonyl (C=O) groups is 1. The fourth-order valence-electron chi connectivity index (χ4n) is 1.46. The van der Waals surface area contributed by atoms with Crippen molar-refractivity contribution in [2.45, 2.75) is 38.5 Å². The number of hydrogen-bond donors (Lipinski definition) is 0. The molecule has 0 unspecified atom stereocenters. The Balaban J connectivity index is 2.10. The second kappa shape index (κ2) is 6.39. The van der Waals surface area contributed by atoms with Gasteiger partial charge in [-0.05, 0) is 19.3 Å². The first kappa shape index (κ1) is 11.0. The smallest absolute Gasteiger partial charge is 0.325 e. The van der Waals surface area contributed by atoms with Gasteiger partial charge in [-0.15, -0.1) is 5.06 Å². The second-order valence-electron chi connectivity index (χ2n) is 3.46. The minimum absolute atomic E-state index is 0.206. The van der Waals surface area contributed by atoms with Gasteiger partial charge in [0.2, 0.25) is 0 Å². The normalized spacial score (nSPS) is 17.4. The van der Waals surface area contributed by atoms with Crippen molar-refractivity contribution < 1.29 is 9.63 Å².